The van der Waals surface area contributed by atoms with Crippen LogP contribution in [0.2, 0.25) is 0 Å². The molecule has 0 bridgehead atoms. The van der Waals surface area contributed by atoms with E-state index in [0.29, 0.717) is 36.2 Å². The summed E-state index contributed by atoms with van der Waals surface area (Å²) in [6.45, 7) is 4.81. The molecule has 2 heterocycles. The van der Waals surface area contributed by atoms with Crippen LogP contribution in [0.1, 0.15) is 49.1 Å². The van der Waals surface area contributed by atoms with Gasteiger partial charge in [-0.1, -0.05) is 31.1 Å². The lowest BCUT2D eigenvalue weighted by Gasteiger charge is -2.18. The first-order valence-corrected chi connectivity index (χ1v) is 9.29. The van der Waals surface area contributed by atoms with Crippen LogP contribution >= 0.6 is 0 Å². The molecule has 0 N–H and O–H groups in total. The normalized spacial score (nSPS) is 16.6. The summed E-state index contributed by atoms with van der Waals surface area (Å²) in [4.78, 5) is 18.9. The van der Waals surface area contributed by atoms with E-state index in [2.05, 4.69) is 42.2 Å². The molecule has 1 atom stereocenters. The molecule has 6 heteroatoms. The van der Waals surface area contributed by atoms with Crippen LogP contribution in [-0.4, -0.2) is 22.6 Å². The standard InChI is InChI=1S/C22H20N4O2/c1-14(2)17-4-3-5-19(10-17)26-13-18(11-20(26)27)21-24-22(28-25-21)16-8-6-15(12-23)7-9-16/h3-10,14,18H,11,13H2,1-2H3. The molecule has 4 rings (SSSR count). The molecule has 1 aliphatic rings. The Kier molecular flexibility index (Phi) is 4.66. The summed E-state index contributed by atoms with van der Waals surface area (Å²) >= 11 is 0. The van der Waals surface area contributed by atoms with Crippen LogP contribution in [0.3, 0.4) is 0 Å². The van der Waals surface area contributed by atoms with E-state index in [1.54, 1.807) is 29.2 Å². The molecule has 1 aromatic heterocycles. The second-order valence-corrected chi connectivity index (χ2v) is 7.30. The Balaban J connectivity index is 1.54. The van der Waals surface area contributed by atoms with Crippen LogP contribution in [0.4, 0.5) is 5.69 Å². The molecule has 1 unspecified atom stereocenters. The van der Waals surface area contributed by atoms with Gasteiger partial charge in [0.1, 0.15) is 0 Å². The summed E-state index contributed by atoms with van der Waals surface area (Å²) < 4.78 is 5.39. The monoisotopic (exact) mass is 372 g/mol. The van der Waals surface area contributed by atoms with Gasteiger partial charge in [-0.2, -0.15) is 10.2 Å². The fraction of sp³-hybridized carbons (Fsp3) is 0.273. The van der Waals surface area contributed by atoms with Crippen molar-refractivity contribution in [2.24, 2.45) is 0 Å². The molecule has 2 aromatic carbocycles. The van der Waals surface area contributed by atoms with Crippen molar-refractivity contribution in [3.8, 4) is 17.5 Å². The van der Waals surface area contributed by atoms with E-state index in [1.807, 2.05) is 12.1 Å². The first kappa shape index (κ1) is 17.9. The van der Waals surface area contributed by atoms with Crippen molar-refractivity contribution in [3.05, 3.63) is 65.5 Å². The molecule has 1 aliphatic heterocycles. The number of rotatable bonds is 4. The smallest absolute Gasteiger partial charge is 0.257 e. The maximum absolute atomic E-state index is 12.6. The van der Waals surface area contributed by atoms with Gasteiger partial charge in [0.2, 0.25) is 5.91 Å². The SMILES string of the molecule is CC(C)c1cccc(N2CC(c3noc(-c4ccc(C#N)cc4)n3)CC2=O)c1. The predicted octanol–water partition coefficient (Wildman–Crippen LogP) is 4.25. The minimum atomic E-state index is -0.105. The zero-order chi connectivity index (χ0) is 19.7. The molecule has 0 spiro atoms. The third kappa shape index (κ3) is 3.39. The van der Waals surface area contributed by atoms with E-state index in [0.717, 1.165) is 11.3 Å². The van der Waals surface area contributed by atoms with Crippen LogP contribution in [0, 0.1) is 11.3 Å². The second kappa shape index (κ2) is 7.28. The average molecular weight is 372 g/mol. The number of anilines is 1. The number of carbonyl (C=O) groups is 1. The minimum absolute atomic E-state index is 0.0654. The van der Waals surface area contributed by atoms with E-state index >= 15 is 0 Å². The Hall–Kier alpha value is -3.46. The lowest BCUT2D eigenvalue weighted by Crippen LogP contribution is -2.24. The van der Waals surface area contributed by atoms with Gasteiger partial charge >= 0.3 is 0 Å². The number of hydrogen-bond acceptors (Lipinski definition) is 5. The summed E-state index contributed by atoms with van der Waals surface area (Å²) in [6.07, 6.45) is 0.359. The van der Waals surface area contributed by atoms with E-state index < -0.39 is 0 Å². The van der Waals surface area contributed by atoms with E-state index in [9.17, 15) is 4.79 Å². The highest BCUT2D eigenvalue weighted by molar-refractivity contribution is 5.96. The Morgan fingerprint density at radius 3 is 2.71 bits per heavy atom. The highest BCUT2D eigenvalue weighted by atomic mass is 16.5. The third-order valence-corrected chi connectivity index (χ3v) is 5.04. The van der Waals surface area contributed by atoms with Gasteiger partial charge in [0.15, 0.2) is 5.82 Å². The molecule has 3 aromatic rings. The van der Waals surface area contributed by atoms with Gasteiger partial charge in [0.25, 0.3) is 5.89 Å². The predicted molar refractivity (Wildman–Crippen MR) is 105 cm³/mol. The summed E-state index contributed by atoms with van der Waals surface area (Å²) in [5.41, 5.74) is 3.44. The zero-order valence-corrected chi connectivity index (χ0v) is 15.8. The van der Waals surface area contributed by atoms with Gasteiger partial charge in [-0.05, 0) is 47.9 Å². The molecule has 0 radical (unpaired) electrons. The van der Waals surface area contributed by atoms with Crippen LogP contribution in [0.15, 0.2) is 53.1 Å². The second-order valence-electron chi connectivity index (χ2n) is 7.30. The quantitative estimate of drug-likeness (QED) is 0.683. The van der Waals surface area contributed by atoms with Crippen LogP contribution in [0.5, 0.6) is 0 Å². The van der Waals surface area contributed by atoms with Gasteiger partial charge in [0, 0.05) is 30.1 Å². The molecular formula is C22H20N4O2. The highest BCUT2D eigenvalue weighted by Gasteiger charge is 2.34. The molecule has 1 saturated heterocycles. The van der Waals surface area contributed by atoms with Gasteiger partial charge < -0.3 is 9.42 Å². The maximum atomic E-state index is 12.6. The number of aromatic nitrogens is 2. The van der Waals surface area contributed by atoms with Crippen molar-refractivity contribution in [2.45, 2.75) is 32.1 Å². The van der Waals surface area contributed by atoms with Crippen LogP contribution in [-0.2, 0) is 4.79 Å². The maximum Gasteiger partial charge on any atom is 0.257 e. The van der Waals surface area contributed by atoms with Gasteiger partial charge in [-0.3, -0.25) is 4.79 Å². The minimum Gasteiger partial charge on any atom is -0.334 e. The van der Waals surface area contributed by atoms with Gasteiger partial charge in [-0.25, -0.2) is 0 Å². The van der Waals surface area contributed by atoms with Crippen molar-refractivity contribution in [2.75, 3.05) is 11.4 Å². The lowest BCUT2D eigenvalue weighted by molar-refractivity contribution is -0.117. The Bertz CT molecular complexity index is 1050. The zero-order valence-electron chi connectivity index (χ0n) is 15.8. The molecule has 6 nitrogen and oxygen atoms in total. The molecule has 0 saturated carbocycles. The van der Waals surface area contributed by atoms with Crippen molar-refractivity contribution < 1.29 is 9.32 Å². The first-order chi connectivity index (χ1) is 13.5. The number of nitrogens with zero attached hydrogens (tertiary/aromatic N) is 4. The summed E-state index contributed by atoms with van der Waals surface area (Å²) in [6, 6.07) is 17.2. The molecule has 0 aliphatic carbocycles. The first-order valence-electron chi connectivity index (χ1n) is 9.29. The molecule has 28 heavy (non-hydrogen) atoms. The Labute approximate surface area is 163 Å². The summed E-state index contributed by atoms with van der Waals surface area (Å²) in [5.74, 6) is 1.30. The summed E-state index contributed by atoms with van der Waals surface area (Å²) in [7, 11) is 0. The van der Waals surface area contributed by atoms with Gasteiger partial charge in [0.05, 0.1) is 11.6 Å². The lowest BCUT2D eigenvalue weighted by atomic mass is 10.0. The van der Waals surface area contributed by atoms with Crippen LogP contribution in [0.25, 0.3) is 11.5 Å². The molecule has 140 valence electrons. The number of amides is 1. The molecular weight excluding hydrogens is 352 g/mol. The van der Waals surface area contributed by atoms with Crippen LogP contribution < -0.4 is 4.90 Å². The van der Waals surface area contributed by atoms with E-state index in [4.69, 9.17) is 9.78 Å². The number of benzene rings is 2. The number of carbonyl (C=O) groups excluding carboxylic acids is 1. The molecule has 1 fully saturated rings. The van der Waals surface area contributed by atoms with E-state index in [-0.39, 0.29) is 11.8 Å². The third-order valence-electron chi connectivity index (χ3n) is 5.04. The van der Waals surface area contributed by atoms with Crippen molar-refractivity contribution in [1.29, 1.82) is 5.26 Å². The van der Waals surface area contributed by atoms with Crippen molar-refractivity contribution >= 4 is 11.6 Å². The fourth-order valence-corrected chi connectivity index (χ4v) is 3.39. The Morgan fingerprint density at radius 1 is 1.21 bits per heavy atom. The largest absolute Gasteiger partial charge is 0.334 e. The highest BCUT2D eigenvalue weighted by Crippen LogP contribution is 2.32. The van der Waals surface area contributed by atoms with Crippen molar-refractivity contribution in [3.63, 3.8) is 0 Å². The Morgan fingerprint density at radius 2 is 2.00 bits per heavy atom. The molecule has 1 amide bonds. The van der Waals surface area contributed by atoms with Gasteiger partial charge in [-0.15, -0.1) is 0 Å². The number of nitriles is 1. The topological polar surface area (TPSA) is 83.0 Å². The van der Waals surface area contributed by atoms with E-state index in [1.165, 1.54) is 5.56 Å². The number of hydrogen-bond donors (Lipinski definition) is 0. The fourth-order valence-electron chi connectivity index (χ4n) is 3.39. The van der Waals surface area contributed by atoms with Crippen molar-refractivity contribution in [1.82, 2.24) is 10.1 Å². The average Bonchev–Trinajstić information content (AvgIpc) is 3.35. The summed E-state index contributed by atoms with van der Waals surface area (Å²) in [5, 5.41) is 13.0.